The van der Waals surface area contributed by atoms with Crippen molar-refractivity contribution >= 4 is 18.3 Å². The van der Waals surface area contributed by atoms with E-state index in [0.29, 0.717) is 26.1 Å². The molecule has 1 heterocycles. The summed E-state index contributed by atoms with van der Waals surface area (Å²) in [4.78, 5) is 13.2. The van der Waals surface area contributed by atoms with E-state index in [4.69, 9.17) is 15.2 Å². The second-order valence-electron chi connectivity index (χ2n) is 4.31. The van der Waals surface area contributed by atoms with E-state index in [9.17, 15) is 4.79 Å². The van der Waals surface area contributed by atoms with Crippen LogP contribution in [0.25, 0.3) is 0 Å². The Morgan fingerprint density at radius 3 is 2.79 bits per heavy atom. The van der Waals surface area contributed by atoms with Gasteiger partial charge in [0.15, 0.2) is 17.6 Å². The second kappa shape index (κ2) is 7.21. The van der Waals surface area contributed by atoms with E-state index < -0.39 is 0 Å². The minimum Gasteiger partial charge on any atom is -0.486 e. The van der Waals surface area contributed by atoms with Crippen LogP contribution in [0.15, 0.2) is 24.3 Å². The predicted molar refractivity (Wildman–Crippen MR) is 74.9 cm³/mol. The minimum absolute atomic E-state index is 0. The van der Waals surface area contributed by atoms with Crippen LogP contribution in [0, 0.1) is 0 Å². The number of hydrogen-bond acceptors (Lipinski definition) is 4. The Balaban J connectivity index is 0.00000180. The van der Waals surface area contributed by atoms with Crippen LogP contribution in [0.1, 0.15) is 6.42 Å². The lowest BCUT2D eigenvalue weighted by Crippen LogP contribution is -2.42. The van der Waals surface area contributed by atoms with Crippen LogP contribution < -0.4 is 15.2 Å². The fourth-order valence-corrected chi connectivity index (χ4v) is 1.87. The summed E-state index contributed by atoms with van der Waals surface area (Å²) in [7, 11) is 1.75. The quantitative estimate of drug-likeness (QED) is 0.899. The third kappa shape index (κ3) is 4.01. The van der Waals surface area contributed by atoms with E-state index in [1.54, 1.807) is 11.9 Å². The van der Waals surface area contributed by atoms with Crippen molar-refractivity contribution in [2.75, 3.05) is 26.7 Å². The number of amides is 1. The molecule has 0 bridgehead atoms. The number of nitrogens with zero attached hydrogens (tertiary/aromatic N) is 1. The van der Waals surface area contributed by atoms with Gasteiger partial charge in [0.05, 0.1) is 6.54 Å². The summed E-state index contributed by atoms with van der Waals surface area (Å²) in [6.45, 7) is 1.33. The lowest BCUT2D eigenvalue weighted by atomic mass is 10.2. The molecule has 1 unspecified atom stereocenters. The number of benzene rings is 1. The summed E-state index contributed by atoms with van der Waals surface area (Å²) >= 11 is 0. The van der Waals surface area contributed by atoms with Gasteiger partial charge in [-0.1, -0.05) is 12.1 Å². The Bertz CT molecular complexity index is 428. The van der Waals surface area contributed by atoms with Gasteiger partial charge < -0.3 is 20.1 Å². The van der Waals surface area contributed by atoms with Crippen LogP contribution in [0.4, 0.5) is 0 Å². The minimum atomic E-state index is -0.133. The van der Waals surface area contributed by atoms with Gasteiger partial charge in [-0.3, -0.25) is 4.79 Å². The van der Waals surface area contributed by atoms with Crippen molar-refractivity contribution in [3.05, 3.63) is 24.3 Å². The Labute approximate surface area is 119 Å². The number of fused-ring (bicyclic) bond motifs is 1. The van der Waals surface area contributed by atoms with E-state index >= 15 is 0 Å². The first-order valence-electron chi connectivity index (χ1n) is 6.03. The molecule has 2 rings (SSSR count). The monoisotopic (exact) mass is 286 g/mol. The van der Waals surface area contributed by atoms with Crippen LogP contribution in [0.2, 0.25) is 0 Å². The molecule has 19 heavy (non-hydrogen) atoms. The number of halogens is 1. The Kier molecular flexibility index (Phi) is 5.92. The smallest absolute Gasteiger partial charge is 0.223 e. The third-order valence-electron chi connectivity index (χ3n) is 2.83. The lowest BCUT2D eigenvalue weighted by molar-refractivity contribution is -0.131. The SMILES string of the molecule is CN(CC1COc2ccccc2O1)C(=O)CCN.Cl. The molecule has 0 fully saturated rings. The van der Waals surface area contributed by atoms with Gasteiger partial charge in [-0.2, -0.15) is 0 Å². The Hall–Kier alpha value is -1.46. The van der Waals surface area contributed by atoms with Gasteiger partial charge in [-0.05, 0) is 12.1 Å². The van der Waals surface area contributed by atoms with Gasteiger partial charge >= 0.3 is 0 Å². The number of likely N-dealkylation sites (N-methyl/N-ethyl adjacent to an activating group) is 1. The van der Waals surface area contributed by atoms with Crippen LogP contribution in [-0.2, 0) is 4.79 Å². The molecular formula is C13H19ClN2O3. The number of nitrogens with two attached hydrogens (primary N) is 1. The van der Waals surface area contributed by atoms with E-state index in [0.717, 1.165) is 11.5 Å². The fraction of sp³-hybridized carbons (Fsp3) is 0.462. The summed E-state index contributed by atoms with van der Waals surface area (Å²) in [6, 6.07) is 7.53. The number of ether oxygens (including phenoxy) is 2. The molecule has 0 saturated heterocycles. The van der Waals surface area contributed by atoms with Crippen molar-refractivity contribution in [1.82, 2.24) is 4.90 Å². The molecule has 2 N–H and O–H groups in total. The lowest BCUT2D eigenvalue weighted by Gasteiger charge is -2.29. The zero-order valence-corrected chi connectivity index (χ0v) is 11.7. The first-order valence-corrected chi connectivity index (χ1v) is 6.03. The zero-order valence-electron chi connectivity index (χ0n) is 10.9. The molecule has 1 aromatic rings. The van der Waals surface area contributed by atoms with Crippen molar-refractivity contribution in [3.63, 3.8) is 0 Å². The normalized spacial score (nSPS) is 16.4. The highest BCUT2D eigenvalue weighted by Crippen LogP contribution is 2.30. The summed E-state index contributed by atoms with van der Waals surface area (Å²) in [5.41, 5.74) is 5.36. The molecule has 6 heteroatoms. The van der Waals surface area contributed by atoms with Gasteiger partial charge in [-0.25, -0.2) is 0 Å². The third-order valence-corrected chi connectivity index (χ3v) is 2.83. The van der Waals surface area contributed by atoms with Gasteiger partial charge in [-0.15, -0.1) is 12.4 Å². The van der Waals surface area contributed by atoms with Gasteiger partial charge in [0, 0.05) is 20.0 Å². The average molecular weight is 287 g/mol. The van der Waals surface area contributed by atoms with Crippen molar-refractivity contribution in [2.24, 2.45) is 5.73 Å². The molecular weight excluding hydrogens is 268 g/mol. The van der Waals surface area contributed by atoms with Crippen LogP contribution in [0.5, 0.6) is 11.5 Å². The number of hydrogen-bond donors (Lipinski definition) is 1. The first-order chi connectivity index (χ1) is 8.70. The van der Waals surface area contributed by atoms with Gasteiger partial charge in [0.1, 0.15) is 6.61 Å². The molecule has 0 spiro atoms. The number of carbonyl (C=O) groups is 1. The fourth-order valence-electron chi connectivity index (χ4n) is 1.87. The predicted octanol–water partition coefficient (Wildman–Crippen LogP) is 1.06. The van der Waals surface area contributed by atoms with Crippen LogP contribution in [0.3, 0.4) is 0 Å². The molecule has 0 aromatic heterocycles. The maximum Gasteiger partial charge on any atom is 0.223 e. The Morgan fingerprint density at radius 1 is 1.42 bits per heavy atom. The number of rotatable bonds is 4. The van der Waals surface area contributed by atoms with E-state index in [2.05, 4.69) is 0 Å². The standard InChI is InChI=1S/C13H18N2O3.ClH/c1-15(13(16)6-7-14)8-10-9-17-11-4-2-3-5-12(11)18-10;/h2-5,10H,6-9,14H2,1H3;1H. The molecule has 0 radical (unpaired) electrons. The Morgan fingerprint density at radius 2 is 2.11 bits per heavy atom. The van der Waals surface area contributed by atoms with E-state index in [1.165, 1.54) is 0 Å². The highest BCUT2D eigenvalue weighted by molar-refractivity contribution is 5.85. The molecule has 1 aromatic carbocycles. The molecule has 1 aliphatic heterocycles. The maximum atomic E-state index is 11.6. The first kappa shape index (κ1) is 15.6. The van der Waals surface area contributed by atoms with E-state index in [-0.39, 0.29) is 24.4 Å². The molecule has 1 amide bonds. The molecule has 106 valence electrons. The number of carbonyl (C=O) groups excluding carboxylic acids is 1. The van der Waals surface area contributed by atoms with Gasteiger partial charge in [0.25, 0.3) is 0 Å². The topological polar surface area (TPSA) is 64.8 Å². The zero-order chi connectivity index (χ0) is 13.0. The second-order valence-corrected chi connectivity index (χ2v) is 4.31. The molecule has 0 saturated carbocycles. The van der Waals surface area contributed by atoms with Crippen molar-refractivity contribution in [3.8, 4) is 11.5 Å². The highest BCUT2D eigenvalue weighted by atomic mass is 35.5. The molecule has 1 aliphatic rings. The molecule has 5 nitrogen and oxygen atoms in total. The van der Waals surface area contributed by atoms with E-state index in [1.807, 2.05) is 24.3 Å². The van der Waals surface area contributed by atoms with Crippen molar-refractivity contribution in [1.29, 1.82) is 0 Å². The van der Waals surface area contributed by atoms with Gasteiger partial charge in [0.2, 0.25) is 5.91 Å². The largest absolute Gasteiger partial charge is 0.486 e. The van der Waals surface area contributed by atoms with Crippen LogP contribution >= 0.6 is 12.4 Å². The molecule has 1 atom stereocenters. The van der Waals surface area contributed by atoms with Crippen molar-refractivity contribution in [2.45, 2.75) is 12.5 Å². The number of para-hydroxylation sites is 2. The summed E-state index contributed by atoms with van der Waals surface area (Å²) < 4.78 is 11.4. The highest BCUT2D eigenvalue weighted by Gasteiger charge is 2.23. The van der Waals surface area contributed by atoms with Crippen molar-refractivity contribution < 1.29 is 14.3 Å². The maximum absolute atomic E-state index is 11.6. The van der Waals surface area contributed by atoms with Crippen LogP contribution in [-0.4, -0.2) is 43.7 Å². The summed E-state index contributed by atoms with van der Waals surface area (Å²) in [5.74, 6) is 1.51. The summed E-state index contributed by atoms with van der Waals surface area (Å²) in [6.07, 6.45) is 0.229. The summed E-state index contributed by atoms with van der Waals surface area (Å²) in [5, 5.41) is 0. The average Bonchev–Trinajstić information content (AvgIpc) is 2.39. The molecule has 0 aliphatic carbocycles.